The third kappa shape index (κ3) is 1.99. The van der Waals surface area contributed by atoms with Gasteiger partial charge in [-0.25, -0.2) is 0 Å². The van der Waals surface area contributed by atoms with Crippen LogP contribution in [0.5, 0.6) is 0 Å². The quantitative estimate of drug-likeness (QED) is 0.701. The van der Waals surface area contributed by atoms with Crippen molar-refractivity contribution in [1.82, 2.24) is 10.2 Å². The summed E-state index contributed by atoms with van der Waals surface area (Å²) in [5.41, 5.74) is 8.76. The van der Waals surface area contributed by atoms with Gasteiger partial charge in [0.15, 0.2) is 0 Å². The number of nitrogen functional groups attached to an aromatic ring is 1. The maximum Gasteiger partial charge on any atom is 0.126 e. The lowest BCUT2D eigenvalue weighted by atomic mass is 10.1. The Morgan fingerprint density at radius 2 is 2.00 bits per heavy atom. The molecule has 0 fully saturated rings. The molecule has 0 saturated carbocycles. The molecule has 2 rings (SSSR count). The van der Waals surface area contributed by atoms with Crippen LogP contribution in [0.15, 0.2) is 30.5 Å². The molecule has 1 heterocycles. The lowest BCUT2D eigenvalue weighted by Gasteiger charge is -2.01. The number of aromatic amines is 1. The van der Waals surface area contributed by atoms with Gasteiger partial charge in [0.25, 0.3) is 0 Å². The monoisotopic (exact) mass is 203 g/mol. The van der Waals surface area contributed by atoms with Crippen LogP contribution in [0.25, 0.3) is 11.1 Å². The minimum absolute atomic E-state index is 0.174. The number of aliphatic hydroxyl groups is 1. The normalized spacial score (nSPS) is 10.5. The van der Waals surface area contributed by atoms with Crippen LogP contribution >= 0.6 is 0 Å². The smallest absolute Gasteiger partial charge is 0.126 e. The molecule has 15 heavy (non-hydrogen) atoms. The molecular formula is C11H13N3O. The largest absolute Gasteiger partial charge is 0.396 e. The van der Waals surface area contributed by atoms with Crippen LogP contribution in [-0.2, 0) is 6.42 Å². The van der Waals surface area contributed by atoms with Gasteiger partial charge in [-0.15, -0.1) is 0 Å². The summed E-state index contributed by atoms with van der Waals surface area (Å²) < 4.78 is 0. The number of nitrogens with zero attached hydrogens (tertiary/aromatic N) is 1. The summed E-state index contributed by atoms with van der Waals surface area (Å²) >= 11 is 0. The molecule has 0 unspecified atom stereocenters. The van der Waals surface area contributed by atoms with Crippen molar-refractivity contribution in [2.24, 2.45) is 0 Å². The first-order chi connectivity index (χ1) is 7.31. The van der Waals surface area contributed by atoms with Gasteiger partial charge in [-0.3, -0.25) is 5.10 Å². The number of hydrogen-bond donors (Lipinski definition) is 3. The van der Waals surface area contributed by atoms with Gasteiger partial charge in [0.1, 0.15) is 5.82 Å². The van der Waals surface area contributed by atoms with E-state index in [1.807, 2.05) is 24.3 Å². The van der Waals surface area contributed by atoms with Crippen LogP contribution in [-0.4, -0.2) is 21.9 Å². The van der Waals surface area contributed by atoms with E-state index in [0.29, 0.717) is 12.2 Å². The van der Waals surface area contributed by atoms with E-state index in [9.17, 15) is 0 Å². The number of nitrogens with two attached hydrogens (primary N) is 1. The topological polar surface area (TPSA) is 74.9 Å². The van der Waals surface area contributed by atoms with Crippen LogP contribution in [0.1, 0.15) is 5.56 Å². The van der Waals surface area contributed by atoms with Crippen molar-refractivity contribution in [1.29, 1.82) is 0 Å². The molecule has 4 N–H and O–H groups in total. The van der Waals surface area contributed by atoms with Gasteiger partial charge in [0, 0.05) is 12.2 Å². The summed E-state index contributed by atoms with van der Waals surface area (Å²) in [6.07, 6.45) is 2.39. The molecule has 78 valence electrons. The SMILES string of the molecule is Nc1[nH]ncc1-c1ccc(CCO)cc1. The number of anilines is 1. The second-order valence-electron chi connectivity index (χ2n) is 3.37. The van der Waals surface area contributed by atoms with Gasteiger partial charge in [-0.2, -0.15) is 5.10 Å². The zero-order chi connectivity index (χ0) is 10.7. The first-order valence-corrected chi connectivity index (χ1v) is 4.80. The van der Waals surface area contributed by atoms with Crippen LogP contribution in [0.4, 0.5) is 5.82 Å². The summed E-state index contributed by atoms with van der Waals surface area (Å²) in [6, 6.07) is 7.92. The van der Waals surface area contributed by atoms with Crippen molar-refractivity contribution >= 4 is 5.82 Å². The first-order valence-electron chi connectivity index (χ1n) is 4.80. The summed E-state index contributed by atoms with van der Waals surface area (Å²) in [6.45, 7) is 0.174. The molecule has 4 nitrogen and oxygen atoms in total. The lowest BCUT2D eigenvalue weighted by Crippen LogP contribution is -1.91. The second-order valence-corrected chi connectivity index (χ2v) is 3.37. The Morgan fingerprint density at radius 3 is 2.53 bits per heavy atom. The fourth-order valence-electron chi connectivity index (χ4n) is 1.51. The van der Waals surface area contributed by atoms with E-state index in [1.165, 1.54) is 0 Å². The molecule has 0 spiro atoms. The number of hydrogen-bond acceptors (Lipinski definition) is 3. The molecule has 0 amide bonds. The summed E-state index contributed by atoms with van der Waals surface area (Å²) in [4.78, 5) is 0. The molecule has 0 aliphatic carbocycles. The number of aliphatic hydroxyl groups excluding tert-OH is 1. The van der Waals surface area contributed by atoms with Gasteiger partial charge in [-0.05, 0) is 17.5 Å². The van der Waals surface area contributed by atoms with E-state index in [0.717, 1.165) is 16.7 Å². The van der Waals surface area contributed by atoms with Crippen molar-refractivity contribution in [3.63, 3.8) is 0 Å². The van der Waals surface area contributed by atoms with E-state index in [1.54, 1.807) is 6.20 Å². The number of rotatable bonds is 3. The van der Waals surface area contributed by atoms with Gasteiger partial charge >= 0.3 is 0 Å². The highest BCUT2D eigenvalue weighted by atomic mass is 16.2. The van der Waals surface area contributed by atoms with Crippen LogP contribution < -0.4 is 5.73 Å². The predicted octanol–water partition coefficient (Wildman–Crippen LogP) is 1.19. The fourth-order valence-corrected chi connectivity index (χ4v) is 1.51. The third-order valence-electron chi connectivity index (χ3n) is 2.33. The van der Waals surface area contributed by atoms with Gasteiger partial charge < -0.3 is 10.8 Å². The van der Waals surface area contributed by atoms with Gasteiger partial charge in [0.2, 0.25) is 0 Å². The molecule has 0 radical (unpaired) electrons. The third-order valence-corrected chi connectivity index (χ3v) is 2.33. The van der Waals surface area contributed by atoms with E-state index in [2.05, 4.69) is 10.2 Å². The van der Waals surface area contributed by atoms with E-state index >= 15 is 0 Å². The minimum atomic E-state index is 0.174. The Kier molecular flexibility index (Phi) is 2.69. The Morgan fingerprint density at radius 1 is 1.27 bits per heavy atom. The highest BCUT2D eigenvalue weighted by Gasteiger charge is 2.03. The van der Waals surface area contributed by atoms with Crippen molar-refractivity contribution in [3.8, 4) is 11.1 Å². The fraction of sp³-hybridized carbons (Fsp3) is 0.182. The Hall–Kier alpha value is -1.81. The second kappa shape index (κ2) is 4.14. The number of H-pyrrole nitrogens is 1. The van der Waals surface area contributed by atoms with E-state index < -0.39 is 0 Å². The number of benzene rings is 1. The maximum atomic E-state index is 8.78. The van der Waals surface area contributed by atoms with Gasteiger partial charge in [-0.1, -0.05) is 24.3 Å². The average Bonchev–Trinajstić information content (AvgIpc) is 2.66. The standard InChI is InChI=1S/C11H13N3O/c12-11-10(7-13-14-11)9-3-1-8(2-4-9)5-6-15/h1-4,7,15H,5-6H2,(H3,12,13,14). The molecule has 0 aliphatic rings. The van der Waals surface area contributed by atoms with Crippen molar-refractivity contribution < 1.29 is 5.11 Å². The number of nitrogens with one attached hydrogen (secondary N) is 1. The molecule has 1 aromatic carbocycles. The summed E-state index contributed by atoms with van der Waals surface area (Å²) in [5.74, 6) is 0.574. The van der Waals surface area contributed by atoms with E-state index in [4.69, 9.17) is 10.8 Å². The summed E-state index contributed by atoms with van der Waals surface area (Å²) in [7, 11) is 0. The summed E-state index contributed by atoms with van der Waals surface area (Å²) in [5, 5.41) is 15.3. The van der Waals surface area contributed by atoms with E-state index in [-0.39, 0.29) is 6.61 Å². The zero-order valence-corrected chi connectivity index (χ0v) is 8.27. The van der Waals surface area contributed by atoms with Crippen LogP contribution in [0.2, 0.25) is 0 Å². The molecule has 1 aromatic heterocycles. The molecule has 4 heteroatoms. The lowest BCUT2D eigenvalue weighted by molar-refractivity contribution is 0.299. The first kappa shape index (κ1) is 9.73. The maximum absolute atomic E-state index is 8.78. The van der Waals surface area contributed by atoms with Crippen LogP contribution in [0.3, 0.4) is 0 Å². The Bertz CT molecular complexity index is 433. The van der Waals surface area contributed by atoms with Gasteiger partial charge in [0.05, 0.1) is 6.20 Å². The molecule has 2 aromatic rings. The highest BCUT2D eigenvalue weighted by Crippen LogP contribution is 2.23. The predicted molar refractivity (Wildman–Crippen MR) is 59.2 cm³/mol. The molecule has 0 aliphatic heterocycles. The van der Waals surface area contributed by atoms with Crippen LogP contribution in [0, 0.1) is 0 Å². The average molecular weight is 203 g/mol. The number of aromatic nitrogens is 2. The molecule has 0 saturated heterocycles. The molecule has 0 atom stereocenters. The Balaban J connectivity index is 2.28. The van der Waals surface area contributed by atoms with Crippen molar-refractivity contribution in [3.05, 3.63) is 36.0 Å². The minimum Gasteiger partial charge on any atom is -0.396 e. The zero-order valence-electron chi connectivity index (χ0n) is 8.27. The Labute approximate surface area is 87.7 Å². The van der Waals surface area contributed by atoms with Crippen molar-refractivity contribution in [2.45, 2.75) is 6.42 Å². The highest BCUT2D eigenvalue weighted by molar-refractivity contribution is 5.72. The molecular weight excluding hydrogens is 190 g/mol. The van der Waals surface area contributed by atoms with Crippen molar-refractivity contribution in [2.75, 3.05) is 12.3 Å². The molecule has 0 bridgehead atoms.